The number of hydrogen-bond donors (Lipinski definition) is 1. The van der Waals surface area contributed by atoms with Crippen LogP contribution in [0.2, 0.25) is 0 Å². The van der Waals surface area contributed by atoms with Crippen LogP contribution in [0.3, 0.4) is 0 Å². The highest BCUT2D eigenvalue weighted by atomic mass is 19.4. The fraction of sp³-hybridized carbons (Fsp3) is 0.143. The molecule has 0 fully saturated rings. The smallest absolute Gasteiger partial charge is 0.417 e. The second-order valence-electron chi connectivity index (χ2n) is 4.25. The van der Waals surface area contributed by atoms with Crippen LogP contribution in [0.15, 0.2) is 36.5 Å². The predicted octanol–water partition coefficient (Wildman–Crippen LogP) is 3.77. The molecule has 0 amide bonds. The molecule has 0 aliphatic rings. The topological polar surface area (TPSA) is 50.2 Å². The molecule has 20 heavy (non-hydrogen) atoms. The molecule has 0 saturated heterocycles. The molecule has 1 heterocycles. The molecule has 0 bridgehead atoms. The Hall–Kier alpha value is -2.37. The van der Waals surface area contributed by atoms with Crippen LogP contribution in [-0.2, 0) is 6.18 Å². The van der Waals surface area contributed by atoms with Gasteiger partial charge in [-0.2, -0.15) is 13.2 Å². The van der Waals surface area contributed by atoms with Crippen molar-refractivity contribution in [2.75, 3.05) is 0 Å². The molecule has 0 atom stereocenters. The van der Waals surface area contributed by atoms with Gasteiger partial charge in [-0.3, -0.25) is 4.98 Å². The monoisotopic (exact) mass is 281 g/mol. The molecule has 6 heteroatoms. The lowest BCUT2D eigenvalue weighted by Crippen LogP contribution is -2.13. The summed E-state index contributed by atoms with van der Waals surface area (Å²) in [7, 11) is 0. The zero-order chi connectivity index (χ0) is 14.9. The third-order valence-electron chi connectivity index (χ3n) is 2.79. The first-order valence-corrected chi connectivity index (χ1v) is 5.66. The van der Waals surface area contributed by atoms with Gasteiger partial charge in [0.25, 0.3) is 0 Å². The molecule has 0 spiro atoms. The van der Waals surface area contributed by atoms with Crippen molar-refractivity contribution < 1.29 is 23.1 Å². The molecule has 1 aromatic heterocycles. The van der Waals surface area contributed by atoms with Gasteiger partial charge in [-0.15, -0.1) is 0 Å². The van der Waals surface area contributed by atoms with Crippen LogP contribution in [0.25, 0.3) is 11.1 Å². The van der Waals surface area contributed by atoms with Crippen LogP contribution in [-0.4, -0.2) is 16.1 Å². The van der Waals surface area contributed by atoms with E-state index in [1.807, 2.05) is 0 Å². The van der Waals surface area contributed by atoms with Crippen LogP contribution in [0, 0.1) is 6.92 Å². The van der Waals surface area contributed by atoms with Gasteiger partial charge in [0.05, 0.1) is 11.1 Å². The van der Waals surface area contributed by atoms with Crippen molar-refractivity contribution in [2.45, 2.75) is 13.1 Å². The highest BCUT2D eigenvalue weighted by Gasteiger charge is 2.35. The number of rotatable bonds is 2. The molecule has 104 valence electrons. The molecule has 2 rings (SSSR count). The van der Waals surface area contributed by atoms with E-state index in [2.05, 4.69) is 4.98 Å². The zero-order valence-electron chi connectivity index (χ0n) is 10.4. The van der Waals surface area contributed by atoms with Crippen molar-refractivity contribution >= 4 is 5.97 Å². The maximum Gasteiger partial charge on any atom is 0.417 e. The first kappa shape index (κ1) is 14.0. The first-order chi connectivity index (χ1) is 9.29. The molecule has 2 aromatic rings. The van der Waals surface area contributed by atoms with Crippen molar-refractivity contribution in [2.24, 2.45) is 0 Å². The van der Waals surface area contributed by atoms with Crippen LogP contribution in [0.5, 0.6) is 0 Å². The second kappa shape index (κ2) is 4.96. The standard InChI is InChI=1S/C14H10F3NO2/c1-8-6-10(4-5-18-8)9-2-3-11(13(19)20)12(7-9)14(15,16)17/h2-7H,1H3,(H,19,20). The number of hydrogen-bond acceptors (Lipinski definition) is 2. The lowest BCUT2D eigenvalue weighted by atomic mass is 9.99. The highest BCUT2D eigenvalue weighted by Crippen LogP contribution is 2.35. The third-order valence-corrected chi connectivity index (χ3v) is 2.79. The summed E-state index contributed by atoms with van der Waals surface area (Å²) in [4.78, 5) is 14.8. The second-order valence-corrected chi connectivity index (χ2v) is 4.25. The van der Waals surface area contributed by atoms with Gasteiger partial charge in [-0.25, -0.2) is 4.79 Å². The molecular weight excluding hydrogens is 271 g/mol. The van der Waals surface area contributed by atoms with Crippen LogP contribution >= 0.6 is 0 Å². The normalized spacial score (nSPS) is 11.4. The van der Waals surface area contributed by atoms with Crippen molar-refractivity contribution in [3.63, 3.8) is 0 Å². The van der Waals surface area contributed by atoms with Crippen molar-refractivity contribution in [3.8, 4) is 11.1 Å². The molecule has 0 saturated carbocycles. The number of alkyl halides is 3. The SMILES string of the molecule is Cc1cc(-c2ccc(C(=O)O)c(C(F)(F)F)c2)ccn1. The molecule has 0 unspecified atom stereocenters. The summed E-state index contributed by atoms with van der Waals surface area (Å²) in [6, 6.07) is 6.38. The number of aromatic carboxylic acids is 1. The number of carboxylic acids is 1. The molecule has 1 N–H and O–H groups in total. The van der Waals surface area contributed by atoms with Gasteiger partial charge in [0, 0.05) is 11.9 Å². The fourth-order valence-corrected chi connectivity index (χ4v) is 1.87. The van der Waals surface area contributed by atoms with Gasteiger partial charge in [-0.05, 0) is 42.3 Å². The van der Waals surface area contributed by atoms with Crippen LogP contribution < -0.4 is 0 Å². The van der Waals surface area contributed by atoms with E-state index < -0.39 is 23.3 Å². The summed E-state index contributed by atoms with van der Waals surface area (Å²) in [5, 5.41) is 8.82. The summed E-state index contributed by atoms with van der Waals surface area (Å²) in [6.07, 6.45) is -3.23. The lowest BCUT2D eigenvalue weighted by Gasteiger charge is -2.12. The Labute approximate surface area is 112 Å². The number of aryl methyl sites for hydroxylation is 1. The highest BCUT2D eigenvalue weighted by molar-refractivity contribution is 5.90. The van der Waals surface area contributed by atoms with E-state index in [0.717, 1.165) is 12.1 Å². The number of pyridine rings is 1. The van der Waals surface area contributed by atoms with Gasteiger partial charge in [0.2, 0.25) is 0 Å². The van der Waals surface area contributed by atoms with E-state index in [-0.39, 0.29) is 0 Å². The Morgan fingerprint density at radius 1 is 1.15 bits per heavy atom. The number of nitrogens with zero attached hydrogens (tertiary/aromatic N) is 1. The van der Waals surface area contributed by atoms with Crippen molar-refractivity contribution in [1.82, 2.24) is 4.98 Å². The largest absolute Gasteiger partial charge is 0.478 e. The molecule has 1 aromatic carbocycles. The van der Waals surface area contributed by atoms with E-state index in [1.54, 1.807) is 19.1 Å². The summed E-state index contributed by atoms with van der Waals surface area (Å²) in [6.45, 7) is 1.72. The predicted molar refractivity (Wildman–Crippen MR) is 66.4 cm³/mol. The zero-order valence-corrected chi connectivity index (χ0v) is 10.4. The Bertz CT molecular complexity index is 666. The molecule has 3 nitrogen and oxygen atoms in total. The van der Waals surface area contributed by atoms with Crippen molar-refractivity contribution in [1.29, 1.82) is 0 Å². The van der Waals surface area contributed by atoms with Gasteiger partial charge in [0.1, 0.15) is 0 Å². The molecule has 0 aliphatic heterocycles. The number of carboxylic acid groups (broad SMARTS) is 1. The average Bonchev–Trinajstić information content (AvgIpc) is 2.37. The minimum atomic E-state index is -4.72. The van der Waals surface area contributed by atoms with E-state index in [4.69, 9.17) is 5.11 Å². The summed E-state index contributed by atoms with van der Waals surface area (Å²) < 4.78 is 38.7. The fourth-order valence-electron chi connectivity index (χ4n) is 1.87. The Kier molecular flexibility index (Phi) is 3.48. The van der Waals surface area contributed by atoms with Gasteiger partial charge >= 0.3 is 12.1 Å². The number of halogens is 3. The average molecular weight is 281 g/mol. The molecular formula is C14H10F3NO2. The minimum Gasteiger partial charge on any atom is -0.478 e. The summed E-state index contributed by atoms with van der Waals surface area (Å²) in [5.74, 6) is -1.60. The summed E-state index contributed by atoms with van der Waals surface area (Å²) >= 11 is 0. The van der Waals surface area contributed by atoms with Gasteiger partial charge in [-0.1, -0.05) is 6.07 Å². The summed E-state index contributed by atoms with van der Waals surface area (Å²) in [5.41, 5.74) is -0.393. The maximum absolute atomic E-state index is 12.9. The van der Waals surface area contributed by atoms with E-state index in [9.17, 15) is 18.0 Å². The number of carbonyl (C=O) groups is 1. The Morgan fingerprint density at radius 2 is 1.80 bits per heavy atom. The minimum absolute atomic E-state index is 0.299. The first-order valence-electron chi connectivity index (χ1n) is 5.66. The lowest BCUT2D eigenvalue weighted by molar-refractivity contribution is -0.138. The Morgan fingerprint density at radius 3 is 2.35 bits per heavy atom. The molecule has 0 radical (unpaired) electrons. The van der Waals surface area contributed by atoms with E-state index in [1.165, 1.54) is 12.3 Å². The van der Waals surface area contributed by atoms with E-state index >= 15 is 0 Å². The maximum atomic E-state index is 12.9. The van der Waals surface area contributed by atoms with Gasteiger partial charge in [0.15, 0.2) is 0 Å². The third kappa shape index (κ3) is 2.79. The van der Waals surface area contributed by atoms with E-state index in [0.29, 0.717) is 16.8 Å². The number of benzene rings is 1. The van der Waals surface area contributed by atoms with Crippen LogP contribution in [0.4, 0.5) is 13.2 Å². The van der Waals surface area contributed by atoms with Crippen molar-refractivity contribution in [3.05, 3.63) is 53.3 Å². The van der Waals surface area contributed by atoms with Gasteiger partial charge < -0.3 is 5.11 Å². The Balaban J connectivity index is 2.61. The van der Waals surface area contributed by atoms with Crippen LogP contribution in [0.1, 0.15) is 21.6 Å². The number of aromatic nitrogens is 1. The quantitative estimate of drug-likeness (QED) is 0.911. The molecule has 0 aliphatic carbocycles.